The zero-order chi connectivity index (χ0) is 21.8. The van der Waals surface area contributed by atoms with E-state index in [-0.39, 0.29) is 5.91 Å². The number of anilines is 1. The van der Waals surface area contributed by atoms with Crippen LogP contribution in [-0.4, -0.2) is 26.0 Å². The Morgan fingerprint density at radius 2 is 1.97 bits per heavy atom. The van der Waals surface area contributed by atoms with Gasteiger partial charge in [0.1, 0.15) is 11.5 Å². The van der Waals surface area contributed by atoms with Gasteiger partial charge in [0, 0.05) is 24.0 Å². The highest BCUT2D eigenvalue weighted by molar-refractivity contribution is 6.04. The third-order valence-corrected chi connectivity index (χ3v) is 4.74. The van der Waals surface area contributed by atoms with Crippen molar-refractivity contribution < 1.29 is 14.1 Å². The van der Waals surface area contributed by atoms with Gasteiger partial charge in [0.05, 0.1) is 23.7 Å². The van der Waals surface area contributed by atoms with Gasteiger partial charge in [-0.2, -0.15) is 0 Å². The molecule has 0 spiro atoms. The van der Waals surface area contributed by atoms with Gasteiger partial charge in [0.15, 0.2) is 5.82 Å². The maximum atomic E-state index is 12.5. The molecule has 0 aliphatic carbocycles. The molecule has 0 bridgehead atoms. The van der Waals surface area contributed by atoms with Crippen molar-refractivity contribution >= 4 is 11.7 Å². The topological polar surface area (TPSA) is 103 Å². The molecule has 8 heteroatoms. The Hall–Kier alpha value is -4.07. The lowest BCUT2D eigenvalue weighted by molar-refractivity contribution is 0.102. The maximum absolute atomic E-state index is 12.5. The van der Waals surface area contributed by atoms with Crippen molar-refractivity contribution in [3.05, 3.63) is 77.6 Å². The van der Waals surface area contributed by atoms with Crippen LogP contribution in [0.1, 0.15) is 34.2 Å². The van der Waals surface area contributed by atoms with E-state index in [1.165, 1.54) is 12.4 Å². The minimum absolute atomic E-state index is 0.278. The van der Waals surface area contributed by atoms with Gasteiger partial charge in [-0.25, -0.2) is 4.98 Å². The Morgan fingerprint density at radius 1 is 1.10 bits per heavy atom. The number of rotatable bonds is 6. The summed E-state index contributed by atoms with van der Waals surface area (Å²) in [4.78, 5) is 25.3. The van der Waals surface area contributed by atoms with Gasteiger partial charge in [-0.1, -0.05) is 13.0 Å². The van der Waals surface area contributed by atoms with Gasteiger partial charge in [0.25, 0.3) is 11.8 Å². The van der Waals surface area contributed by atoms with Gasteiger partial charge in [-0.05, 0) is 54.8 Å². The van der Waals surface area contributed by atoms with Gasteiger partial charge >= 0.3 is 0 Å². The number of ether oxygens (including phenoxy) is 1. The maximum Gasteiger partial charge on any atom is 0.259 e. The molecule has 0 unspecified atom stereocenters. The highest BCUT2D eigenvalue weighted by Gasteiger charge is 2.13. The van der Waals surface area contributed by atoms with Crippen molar-refractivity contribution in [2.45, 2.75) is 27.2 Å². The van der Waals surface area contributed by atoms with Crippen molar-refractivity contribution in [1.29, 1.82) is 0 Å². The van der Waals surface area contributed by atoms with Crippen LogP contribution in [0.4, 0.5) is 5.82 Å². The molecule has 31 heavy (non-hydrogen) atoms. The molecule has 3 heterocycles. The molecule has 4 aromatic rings. The molecule has 0 radical (unpaired) electrons. The third kappa shape index (κ3) is 4.58. The summed E-state index contributed by atoms with van der Waals surface area (Å²) in [5.74, 6) is 1.76. The molecular weight excluding hydrogens is 394 g/mol. The molecule has 0 fully saturated rings. The van der Waals surface area contributed by atoms with Crippen LogP contribution in [0, 0.1) is 13.8 Å². The highest BCUT2D eigenvalue weighted by Crippen LogP contribution is 2.30. The first-order valence-electron chi connectivity index (χ1n) is 9.82. The SMILES string of the molecule is CCc1ccc(Oc2cc(C)on2)cc1-c1cnc(NC(=O)c2cnccc2C)cn1. The van der Waals surface area contributed by atoms with E-state index in [2.05, 4.69) is 32.3 Å². The molecular formula is C23H21N5O3. The lowest BCUT2D eigenvalue weighted by atomic mass is 10.0. The standard InChI is InChI=1S/C23H21N5O3/c1-4-16-5-6-17(30-22-9-15(3)31-28-22)10-18(16)20-12-26-21(13-25-20)27-23(29)19-11-24-8-7-14(19)2/h5-13H,4H2,1-3H3,(H,26,27,29). The molecule has 156 valence electrons. The van der Waals surface area contributed by atoms with Crippen molar-refractivity contribution in [2.24, 2.45) is 0 Å². The summed E-state index contributed by atoms with van der Waals surface area (Å²) >= 11 is 0. The molecule has 1 amide bonds. The van der Waals surface area contributed by atoms with Crippen LogP contribution >= 0.6 is 0 Å². The summed E-state index contributed by atoms with van der Waals surface area (Å²) < 4.78 is 10.8. The van der Waals surface area contributed by atoms with Crippen molar-refractivity contribution in [3.8, 4) is 22.9 Å². The van der Waals surface area contributed by atoms with Gasteiger partial charge < -0.3 is 14.6 Å². The van der Waals surface area contributed by atoms with E-state index in [4.69, 9.17) is 9.26 Å². The molecule has 0 aliphatic heterocycles. The van der Waals surface area contributed by atoms with E-state index in [1.807, 2.05) is 25.1 Å². The van der Waals surface area contributed by atoms with Crippen LogP contribution in [0.5, 0.6) is 11.6 Å². The predicted octanol–water partition coefficient (Wildman–Crippen LogP) is 4.75. The smallest absolute Gasteiger partial charge is 0.259 e. The number of amides is 1. The molecule has 0 saturated heterocycles. The zero-order valence-electron chi connectivity index (χ0n) is 17.4. The van der Waals surface area contributed by atoms with Gasteiger partial charge in [-0.3, -0.25) is 14.8 Å². The number of hydrogen-bond donors (Lipinski definition) is 1. The Kier molecular flexibility index (Phi) is 5.70. The second-order valence-corrected chi connectivity index (χ2v) is 6.98. The van der Waals surface area contributed by atoms with E-state index < -0.39 is 0 Å². The highest BCUT2D eigenvalue weighted by atomic mass is 16.5. The first-order valence-corrected chi connectivity index (χ1v) is 9.82. The average molecular weight is 415 g/mol. The summed E-state index contributed by atoms with van der Waals surface area (Å²) in [6.07, 6.45) is 7.16. The van der Waals surface area contributed by atoms with Crippen LogP contribution in [0.2, 0.25) is 0 Å². The van der Waals surface area contributed by atoms with E-state index in [9.17, 15) is 4.79 Å². The minimum Gasteiger partial charge on any atom is -0.436 e. The minimum atomic E-state index is -0.278. The summed E-state index contributed by atoms with van der Waals surface area (Å²) in [7, 11) is 0. The molecule has 3 aromatic heterocycles. The van der Waals surface area contributed by atoms with Crippen LogP contribution in [0.25, 0.3) is 11.3 Å². The Bertz CT molecular complexity index is 1220. The second kappa shape index (κ2) is 8.74. The normalized spacial score (nSPS) is 10.7. The fraction of sp³-hybridized carbons (Fsp3) is 0.174. The number of aryl methyl sites for hydroxylation is 3. The lowest BCUT2D eigenvalue weighted by Gasteiger charge is -2.11. The fourth-order valence-electron chi connectivity index (χ4n) is 3.10. The predicted molar refractivity (Wildman–Crippen MR) is 115 cm³/mol. The lowest BCUT2D eigenvalue weighted by Crippen LogP contribution is -2.14. The Morgan fingerprint density at radius 3 is 2.65 bits per heavy atom. The summed E-state index contributed by atoms with van der Waals surface area (Å²) in [6, 6.07) is 9.26. The molecule has 0 aliphatic rings. The molecule has 1 N–H and O–H groups in total. The number of benzene rings is 1. The largest absolute Gasteiger partial charge is 0.436 e. The van der Waals surface area contributed by atoms with Crippen LogP contribution in [0.15, 0.2) is 59.6 Å². The number of carbonyl (C=O) groups excluding carboxylic acids is 1. The molecule has 0 saturated carbocycles. The quantitative estimate of drug-likeness (QED) is 0.485. The van der Waals surface area contributed by atoms with Crippen LogP contribution < -0.4 is 10.1 Å². The summed E-state index contributed by atoms with van der Waals surface area (Å²) in [6.45, 7) is 5.72. The molecule has 0 atom stereocenters. The van der Waals surface area contributed by atoms with E-state index in [0.29, 0.717) is 34.5 Å². The van der Waals surface area contributed by atoms with Crippen LogP contribution in [0.3, 0.4) is 0 Å². The van der Waals surface area contributed by atoms with Gasteiger partial charge in [-0.15, -0.1) is 0 Å². The number of nitrogens with one attached hydrogen (secondary N) is 1. The number of nitrogens with zero attached hydrogens (tertiary/aromatic N) is 4. The number of pyridine rings is 1. The number of aromatic nitrogens is 4. The Balaban J connectivity index is 1.55. The van der Waals surface area contributed by atoms with Gasteiger partial charge in [0.2, 0.25) is 0 Å². The van der Waals surface area contributed by atoms with Crippen LogP contribution in [-0.2, 0) is 6.42 Å². The van der Waals surface area contributed by atoms with Crippen molar-refractivity contribution in [1.82, 2.24) is 20.1 Å². The first kappa shape index (κ1) is 20.2. The van der Waals surface area contributed by atoms with E-state index in [0.717, 1.165) is 23.1 Å². The molecule has 4 rings (SSSR count). The number of hydrogen-bond acceptors (Lipinski definition) is 7. The zero-order valence-corrected chi connectivity index (χ0v) is 17.4. The number of carbonyl (C=O) groups is 1. The van der Waals surface area contributed by atoms with E-state index >= 15 is 0 Å². The molecule has 8 nitrogen and oxygen atoms in total. The molecule has 1 aromatic carbocycles. The average Bonchev–Trinajstić information content (AvgIpc) is 3.19. The monoisotopic (exact) mass is 415 g/mol. The third-order valence-electron chi connectivity index (χ3n) is 4.74. The van der Waals surface area contributed by atoms with Crippen molar-refractivity contribution in [3.63, 3.8) is 0 Å². The fourth-order valence-corrected chi connectivity index (χ4v) is 3.10. The first-order chi connectivity index (χ1) is 15.0. The second-order valence-electron chi connectivity index (χ2n) is 6.98. The Labute approximate surface area is 179 Å². The summed E-state index contributed by atoms with van der Waals surface area (Å²) in [5.41, 5.74) is 4.00. The van der Waals surface area contributed by atoms with Crippen molar-refractivity contribution in [2.75, 3.05) is 5.32 Å². The summed E-state index contributed by atoms with van der Waals surface area (Å²) in [5, 5.41) is 6.61. The van der Waals surface area contributed by atoms with E-state index in [1.54, 1.807) is 31.5 Å².